The molecule has 0 aromatic heterocycles. The zero-order valence-electron chi connectivity index (χ0n) is 16.7. The fraction of sp³-hybridized carbons (Fsp3) is 0.391. The summed E-state index contributed by atoms with van der Waals surface area (Å²) in [6.07, 6.45) is 0.662. The lowest BCUT2D eigenvalue weighted by molar-refractivity contribution is -0.125. The van der Waals surface area contributed by atoms with Gasteiger partial charge in [0.15, 0.2) is 0 Å². The van der Waals surface area contributed by atoms with Crippen LogP contribution in [-0.2, 0) is 11.2 Å². The van der Waals surface area contributed by atoms with Gasteiger partial charge in [-0.3, -0.25) is 9.69 Å². The standard InChI is InChI=1S/C23H26N4O2/c1-17-23(22(29)27(24-17)19-8-3-2-4-9-19)15-18-7-5-6-10-20(18)26-12-11-25(13-14-28)16-21(23)26/h2-10,21,28H,11-16H2,1H3/t21-,23-/m0/s1. The summed E-state index contributed by atoms with van der Waals surface area (Å²) in [5, 5.41) is 15.8. The Balaban J connectivity index is 1.61. The molecule has 0 bridgehead atoms. The van der Waals surface area contributed by atoms with Crippen LogP contribution in [-0.4, -0.2) is 60.5 Å². The number of nitrogens with zero attached hydrogens (tertiary/aromatic N) is 4. The second kappa shape index (κ2) is 6.97. The number of piperazine rings is 1. The van der Waals surface area contributed by atoms with E-state index in [1.807, 2.05) is 37.3 Å². The number of para-hydroxylation sites is 2. The van der Waals surface area contributed by atoms with Crippen LogP contribution in [0, 0.1) is 5.41 Å². The fourth-order valence-electron chi connectivity index (χ4n) is 5.21. The molecule has 1 N–H and O–H groups in total. The van der Waals surface area contributed by atoms with Crippen LogP contribution in [0.1, 0.15) is 12.5 Å². The van der Waals surface area contributed by atoms with E-state index in [0.717, 1.165) is 31.0 Å². The van der Waals surface area contributed by atoms with E-state index in [0.29, 0.717) is 13.0 Å². The number of hydrogen-bond acceptors (Lipinski definition) is 5. The molecular weight excluding hydrogens is 364 g/mol. The van der Waals surface area contributed by atoms with E-state index in [2.05, 4.69) is 34.1 Å². The molecule has 5 rings (SSSR count). The fourth-order valence-corrected chi connectivity index (χ4v) is 5.21. The highest BCUT2D eigenvalue weighted by Crippen LogP contribution is 2.48. The Hall–Kier alpha value is -2.70. The highest BCUT2D eigenvalue weighted by Gasteiger charge is 2.59. The second-order valence-electron chi connectivity index (χ2n) is 8.15. The number of hydrogen-bond donors (Lipinski definition) is 1. The van der Waals surface area contributed by atoms with Crippen LogP contribution in [0.15, 0.2) is 59.7 Å². The molecule has 2 atom stereocenters. The van der Waals surface area contributed by atoms with Crippen LogP contribution in [0.2, 0.25) is 0 Å². The van der Waals surface area contributed by atoms with Gasteiger partial charge in [0.25, 0.3) is 5.91 Å². The van der Waals surface area contributed by atoms with E-state index >= 15 is 0 Å². The van der Waals surface area contributed by atoms with Gasteiger partial charge in [0.05, 0.1) is 24.0 Å². The first-order valence-electron chi connectivity index (χ1n) is 10.3. The molecule has 1 fully saturated rings. The molecule has 150 valence electrons. The summed E-state index contributed by atoms with van der Waals surface area (Å²) in [6.45, 7) is 5.24. The van der Waals surface area contributed by atoms with Gasteiger partial charge in [-0.25, -0.2) is 0 Å². The first kappa shape index (κ1) is 18.3. The van der Waals surface area contributed by atoms with Gasteiger partial charge in [0.1, 0.15) is 5.41 Å². The third kappa shape index (κ3) is 2.70. The van der Waals surface area contributed by atoms with Crippen molar-refractivity contribution < 1.29 is 9.90 Å². The SMILES string of the molecule is CC1=NN(c2ccccc2)C(=O)[C@@]12Cc1ccccc1N1CCN(CCO)C[C@H]12. The molecule has 6 nitrogen and oxygen atoms in total. The summed E-state index contributed by atoms with van der Waals surface area (Å²) < 4.78 is 0. The number of fused-ring (bicyclic) bond motifs is 4. The second-order valence-corrected chi connectivity index (χ2v) is 8.15. The largest absolute Gasteiger partial charge is 0.395 e. The zero-order valence-corrected chi connectivity index (χ0v) is 16.7. The molecule has 2 aromatic carbocycles. The molecule has 3 aliphatic heterocycles. The predicted octanol–water partition coefficient (Wildman–Crippen LogP) is 2.13. The number of hydrazone groups is 1. The minimum absolute atomic E-state index is 0.00247. The number of carbonyl (C=O) groups is 1. The van der Waals surface area contributed by atoms with E-state index in [-0.39, 0.29) is 18.6 Å². The van der Waals surface area contributed by atoms with Crippen molar-refractivity contribution in [2.45, 2.75) is 19.4 Å². The van der Waals surface area contributed by atoms with Crippen molar-refractivity contribution in [3.63, 3.8) is 0 Å². The summed E-state index contributed by atoms with van der Waals surface area (Å²) in [5.74, 6) is 0.0524. The lowest BCUT2D eigenvalue weighted by Crippen LogP contribution is -2.67. The highest BCUT2D eigenvalue weighted by atomic mass is 16.3. The Morgan fingerprint density at radius 2 is 1.86 bits per heavy atom. The quantitative estimate of drug-likeness (QED) is 0.872. The van der Waals surface area contributed by atoms with E-state index in [9.17, 15) is 9.90 Å². The molecule has 0 saturated carbocycles. The van der Waals surface area contributed by atoms with Crippen LogP contribution in [0.3, 0.4) is 0 Å². The molecule has 0 aliphatic carbocycles. The molecule has 0 unspecified atom stereocenters. The third-order valence-electron chi connectivity index (χ3n) is 6.69. The molecule has 6 heteroatoms. The Kier molecular flexibility index (Phi) is 4.41. The normalized spacial score (nSPS) is 26.5. The number of β-amino-alcohol motifs (C(OH)–C–C–N with tert-alkyl or cyclic N) is 1. The average molecular weight is 390 g/mol. The van der Waals surface area contributed by atoms with Crippen molar-refractivity contribution in [3.8, 4) is 0 Å². The van der Waals surface area contributed by atoms with Gasteiger partial charge < -0.3 is 10.0 Å². The van der Waals surface area contributed by atoms with Gasteiger partial charge in [0.2, 0.25) is 0 Å². The van der Waals surface area contributed by atoms with Crippen LogP contribution in [0.5, 0.6) is 0 Å². The van der Waals surface area contributed by atoms with E-state index in [1.54, 1.807) is 5.01 Å². The molecule has 3 heterocycles. The number of aliphatic hydroxyl groups excluding tert-OH is 1. The first-order valence-corrected chi connectivity index (χ1v) is 10.3. The van der Waals surface area contributed by atoms with Crippen LogP contribution in [0.4, 0.5) is 11.4 Å². The van der Waals surface area contributed by atoms with E-state index in [1.165, 1.54) is 11.3 Å². The number of carbonyl (C=O) groups excluding carboxylic acids is 1. The number of benzene rings is 2. The van der Waals surface area contributed by atoms with Gasteiger partial charge in [0, 0.05) is 31.9 Å². The Morgan fingerprint density at radius 1 is 1.10 bits per heavy atom. The van der Waals surface area contributed by atoms with Crippen LogP contribution in [0.25, 0.3) is 0 Å². The van der Waals surface area contributed by atoms with Crippen molar-refractivity contribution in [2.24, 2.45) is 10.5 Å². The van der Waals surface area contributed by atoms with E-state index in [4.69, 9.17) is 5.10 Å². The van der Waals surface area contributed by atoms with Crippen LogP contribution < -0.4 is 9.91 Å². The lowest BCUT2D eigenvalue weighted by atomic mass is 9.67. The summed E-state index contributed by atoms with van der Waals surface area (Å²) in [7, 11) is 0. The average Bonchev–Trinajstić information content (AvgIpc) is 3.00. The summed E-state index contributed by atoms with van der Waals surface area (Å²) in [5.41, 5.74) is 3.43. The Labute approximate surface area is 171 Å². The maximum atomic E-state index is 13.9. The van der Waals surface area contributed by atoms with Crippen molar-refractivity contribution in [3.05, 3.63) is 60.2 Å². The minimum atomic E-state index is -0.682. The molecule has 29 heavy (non-hydrogen) atoms. The molecule has 1 saturated heterocycles. The molecule has 1 spiro atoms. The topological polar surface area (TPSA) is 59.4 Å². The van der Waals surface area contributed by atoms with Gasteiger partial charge in [-0.15, -0.1) is 0 Å². The maximum Gasteiger partial charge on any atom is 0.261 e. The van der Waals surface area contributed by atoms with Gasteiger partial charge in [-0.05, 0) is 37.1 Å². The summed E-state index contributed by atoms with van der Waals surface area (Å²) in [6, 6.07) is 18.1. The van der Waals surface area contributed by atoms with Gasteiger partial charge >= 0.3 is 0 Å². The predicted molar refractivity (Wildman–Crippen MR) is 114 cm³/mol. The molecule has 2 aromatic rings. The van der Waals surface area contributed by atoms with Crippen molar-refractivity contribution in [1.82, 2.24) is 4.90 Å². The summed E-state index contributed by atoms with van der Waals surface area (Å²) in [4.78, 5) is 18.6. The van der Waals surface area contributed by atoms with Gasteiger partial charge in [-0.2, -0.15) is 10.1 Å². The number of anilines is 2. The molecule has 3 aliphatic rings. The highest BCUT2D eigenvalue weighted by molar-refractivity contribution is 6.20. The monoisotopic (exact) mass is 390 g/mol. The Bertz CT molecular complexity index is 960. The van der Waals surface area contributed by atoms with Crippen LogP contribution >= 0.6 is 0 Å². The molecular formula is C23H26N4O2. The lowest BCUT2D eigenvalue weighted by Gasteiger charge is -2.53. The van der Waals surface area contributed by atoms with Crippen molar-refractivity contribution >= 4 is 23.0 Å². The number of amides is 1. The smallest absolute Gasteiger partial charge is 0.261 e. The third-order valence-corrected chi connectivity index (χ3v) is 6.69. The number of aliphatic hydroxyl groups is 1. The summed E-state index contributed by atoms with van der Waals surface area (Å²) >= 11 is 0. The zero-order chi connectivity index (χ0) is 20.0. The van der Waals surface area contributed by atoms with Crippen molar-refractivity contribution in [2.75, 3.05) is 42.7 Å². The number of rotatable bonds is 3. The van der Waals surface area contributed by atoms with E-state index < -0.39 is 5.41 Å². The minimum Gasteiger partial charge on any atom is -0.395 e. The molecule has 1 amide bonds. The molecule has 0 radical (unpaired) electrons. The van der Waals surface area contributed by atoms with Crippen molar-refractivity contribution in [1.29, 1.82) is 0 Å². The Morgan fingerprint density at radius 3 is 2.66 bits per heavy atom. The first-order chi connectivity index (χ1) is 14.1. The van der Waals surface area contributed by atoms with Gasteiger partial charge in [-0.1, -0.05) is 36.4 Å². The maximum absolute atomic E-state index is 13.9.